The molecule has 142 valence electrons. The molecule has 0 aliphatic rings. The van der Waals surface area contributed by atoms with Crippen LogP contribution in [0.2, 0.25) is 0 Å². The highest BCUT2D eigenvalue weighted by Gasteiger charge is 2.33. The minimum Gasteiger partial charge on any atom is -0.396 e. The maximum atomic E-state index is 13.1. The average molecular weight is 387 g/mol. The lowest BCUT2D eigenvalue weighted by Gasteiger charge is -2.18. The van der Waals surface area contributed by atoms with Gasteiger partial charge in [0.15, 0.2) is 0 Å². The van der Waals surface area contributed by atoms with Gasteiger partial charge in [0, 0.05) is 13.2 Å². The van der Waals surface area contributed by atoms with Gasteiger partial charge in [-0.1, -0.05) is 35.9 Å². The number of benzene rings is 2. The number of sulfonamides is 1. The Bertz CT molecular complexity index is 834. The molecule has 0 radical (unpaired) electrons. The Labute approximate surface area is 150 Å². The minimum atomic E-state index is -4.50. The summed E-state index contributed by atoms with van der Waals surface area (Å²) in [5.41, 5.74) is 0.148. The Hall–Kier alpha value is -1.90. The van der Waals surface area contributed by atoms with Crippen molar-refractivity contribution in [2.24, 2.45) is 5.92 Å². The van der Waals surface area contributed by atoms with Crippen molar-refractivity contribution in [1.29, 1.82) is 0 Å². The summed E-state index contributed by atoms with van der Waals surface area (Å²) < 4.78 is 66.1. The van der Waals surface area contributed by atoms with E-state index in [-0.39, 0.29) is 23.4 Å². The van der Waals surface area contributed by atoms with Gasteiger partial charge in [0.2, 0.25) is 10.0 Å². The number of aryl methyl sites for hydroxylation is 1. The van der Waals surface area contributed by atoms with E-state index in [1.165, 1.54) is 30.3 Å². The first kappa shape index (κ1) is 20.4. The van der Waals surface area contributed by atoms with Gasteiger partial charge in [0.25, 0.3) is 0 Å². The van der Waals surface area contributed by atoms with E-state index >= 15 is 0 Å². The normalized spacial score (nSPS) is 13.6. The lowest BCUT2D eigenvalue weighted by atomic mass is 9.96. The highest BCUT2D eigenvalue weighted by Crippen LogP contribution is 2.32. The lowest BCUT2D eigenvalue weighted by molar-refractivity contribution is -0.138. The largest absolute Gasteiger partial charge is 0.416 e. The van der Waals surface area contributed by atoms with Crippen LogP contribution in [0.25, 0.3) is 0 Å². The monoisotopic (exact) mass is 387 g/mol. The average Bonchev–Trinajstić information content (AvgIpc) is 2.58. The smallest absolute Gasteiger partial charge is 0.396 e. The van der Waals surface area contributed by atoms with Crippen LogP contribution in [0, 0.1) is 12.8 Å². The molecule has 0 spiro atoms. The third-order valence-electron chi connectivity index (χ3n) is 3.98. The standard InChI is InChI=1S/C18H20F3NO3S/c1-13-6-8-16(9-7-13)26(24,25)22-11-14(12-23)10-15-4-2-3-5-17(15)18(19,20)21/h2-9,14,22-23H,10-12H2,1H3. The van der Waals surface area contributed by atoms with E-state index in [1.54, 1.807) is 12.1 Å². The van der Waals surface area contributed by atoms with Crippen LogP contribution in [0.1, 0.15) is 16.7 Å². The molecule has 2 N–H and O–H groups in total. The molecule has 0 saturated heterocycles. The van der Waals surface area contributed by atoms with Crippen molar-refractivity contribution >= 4 is 10.0 Å². The van der Waals surface area contributed by atoms with Crippen molar-refractivity contribution in [1.82, 2.24) is 4.72 Å². The molecule has 0 aliphatic carbocycles. The third kappa shape index (κ3) is 5.30. The molecule has 2 aromatic carbocycles. The van der Waals surface area contributed by atoms with Crippen molar-refractivity contribution in [3.63, 3.8) is 0 Å². The van der Waals surface area contributed by atoms with Crippen molar-refractivity contribution in [3.8, 4) is 0 Å². The first-order valence-corrected chi connectivity index (χ1v) is 9.44. The molecule has 26 heavy (non-hydrogen) atoms. The highest BCUT2D eigenvalue weighted by atomic mass is 32.2. The minimum absolute atomic E-state index is 0.0218. The Balaban J connectivity index is 2.10. The summed E-state index contributed by atoms with van der Waals surface area (Å²) in [5, 5.41) is 9.47. The number of alkyl halides is 3. The van der Waals surface area contributed by atoms with E-state index in [0.29, 0.717) is 0 Å². The molecule has 0 saturated carbocycles. The Morgan fingerprint density at radius 1 is 1.08 bits per heavy atom. The molecular formula is C18H20F3NO3S. The second kappa shape index (κ2) is 8.20. The fourth-order valence-electron chi connectivity index (χ4n) is 2.52. The lowest BCUT2D eigenvalue weighted by Crippen LogP contribution is -2.32. The molecule has 0 heterocycles. The summed E-state index contributed by atoms with van der Waals surface area (Å²) in [6.45, 7) is 1.21. The predicted octanol–water partition coefficient (Wildman–Crippen LogP) is 3.14. The van der Waals surface area contributed by atoms with Gasteiger partial charge in [0.05, 0.1) is 10.5 Å². The molecule has 0 fully saturated rings. The summed E-state index contributed by atoms with van der Waals surface area (Å²) in [6, 6.07) is 11.3. The van der Waals surface area contributed by atoms with Crippen LogP contribution in [-0.4, -0.2) is 26.7 Å². The van der Waals surface area contributed by atoms with E-state index < -0.39 is 34.3 Å². The molecule has 2 rings (SSSR count). The second-order valence-corrected chi connectivity index (χ2v) is 7.84. The zero-order valence-corrected chi connectivity index (χ0v) is 14.9. The molecular weight excluding hydrogens is 367 g/mol. The first-order chi connectivity index (χ1) is 12.1. The van der Waals surface area contributed by atoms with Gasteiger partial charge in [-0.05, 0) is 43.0 Å². The summed E-state index contributed by atoms with van der Waals surface area (Å²) >= 11 is 0. The Morgan fingerprint density at radius 2 is 1.69 bits per heavy atom. The van der Waals surface area contributed by atoms with Crippen molar-refractivity contribution in [2.45, 2.75) is 24.4 Å². The molecule has 0 amide bonds. The van der Waals surface area contributed by atoms with E-state index in [1.807, 2.05) is 6.92 Å². The SMILES string of the molecule is Cc1ccc(S(=O)(=O)NCC(CO)Cc2ccccc2C(F)(F)F)cc1. The van der Waals surface area contributed by atoms with E-state index in [2.05, 4.69) is 4.72 Å². The molecule has 1 unspecified atom stereocenters. The zero-order chi connectivity index (χ0) is 19.4. The number of hydrogen-bond donors (Lipinski definition) is 2. The topological polar surface area (TPSA) is 66.4 Å². The molecule has 8 heteroatoms. The number of rotatable bonds is 7. The number of nitrogens with one attached hydrogen (secondary N) is 1. The summed E-state index contributed by atoms with van der Waals surface area (Å²) in [7, 11) is -3.80. The summed E-state index contributed by atoms with van der Waals surface area (Å²) in [6.07, 6.45) is -4.60. The number of halogens is 3. The highest BCUT2D eigenvalue weighted by molar-refractivity contribution is 7.89. The molecule has 0 aromatic heterocycles. The van der Waals surface area contributed by atoms with E-state index in [0.717, 1.165) is 11.6 Å². The fraction of sp³-hybridized carbons (Fsp3) is 0.333. The molecule has 4 nitrogen and oxygen atoms in total. The van der Waals surface area contributed by atoms with Crippen molar-refractivity contribution < 1.29 is 26.7 Å². The van der Waals surface area contributed by atoms with Gasteiger partial charge < -0.3 is 5.11 Å². The van der Waals surface area contributed by atoms with Crippen LogP contribution >= 0.6 is 0 Å². The summed E-state index contributed by atoms with van der Waals surface area (Å²) in [4.78, 5) is 0.0653. The third-order valence-corrected chi connectivity index (χ3v) is 5.42. The van der Waals surface area contributed by atoms with E-state index in [4.69, 9.17) is 0 Å². The number of aliphatic hydroxyl groups is 1. The van der Waals surface area contributed by atoms with Gasteiger partial charge in [-0.2, -0.15) is 13.2 Å². The first-order valence-electron chi connectivity index (χ1n) is 7.96. The van der Waals surface area contributed by atoms with Crippen molar-refractivity contribution in [3.05, 3.63) is 65.2 Å². The van der Waals surface area contributed by atoms with Crippen LogP contribution in [0.4, 0.5) is 13.2 Å². The van der Waals surface area contributed by atoms with Crippen LogP contribution in [-0.2, 0) is 22.6 Å². The number of aliphatic hydroxyl groups excluding tert-OH is 1. The Morgan fingerprint density at radius 3 is 2.27 bits per heavy atom. The predicted molar refractivity (Wildman–Crippen MR) is 92.1 cm³/mol. The molecule has 1 atom stereocenters. The molecule has 2 aromatic rings. The van der Waals surface area contributed by atoms with Gasteiger partial charge in [0.1, 0.15) is 0 Å². The van der Waals surface area contributed by atoms with Gasteiger partial charge in [-0.25, -0.2) is 13.1 Å². The summed E-state index contributed by atoms with van der Waals surface area (Å²) in [5.74, 6) is -0.682. The van der Waals surface area contributed by atoms with Gasteiger partial charge in [-0.15, -0.1) is 0 Å². The molecule has 0 bridgehead atoms. The second-order valence-electron chi connectivity index (χ2n) is 6.07. The molecule has 0 aliphatic heterocycles. The van der Waals surface area contributed by atoms with Gasteiger partial charge in [-0.3, -0.25) is 0 Å². The van der Waals surface area contributed by atoms with E-state index in [9.17, 15) is 26.7 Å². The Kier molecular flexibility index (Phi) is 6.44. The quantitative estimate of drug-likeness (QED) is 0.767. The van der Waals surface area contributed by atoms with Crippen LogP contribution < -0.4 is 4.72 Å². The van der Waals surface area contributed by atoms with Gasteiger partial charge >= 0.3 is 6.18 Å². The van der Waals surface area contributed by atoms with Crippen molar-refractivity contribution in [2.75, 3.05) is 13.2 Å². The zero-order valence-electron chi connectivity index (χ0n) is 14.1. The maximum absolute atomic E-state index is 13.1. The van der Waals surface area contributed by atoms with Crippen LogP contribution in [0.5, 0.6) is 0 Å². The van der Waals surface area contributed by atoms with Crippen LogP contribution in [0.15, 0.2) is 53.4 Å². The maximum Gasteiger partial charge on any atom is 0.416 e. The fourth-order valence-corrected chi connectivity index (χ4v) is 3.63. The number of hydrogen-bond acceptors (Lipinski definition) is 3. The van der Waals surface area contributed by atoms with Crippen LogP contribution in [0.3, 0.4) is 0 Å².